The van der Waals surface area contributed by atoms with Gasteiger partial charge in [-0.3, -0.25) is 0 Å². The normalized spacial score (nSPS) is 10.4. The van der Waals surface area contributed by atoms with E-state index < -0.39 is 0 Å². The molecule has 134 valence electrons. The highest BCUT2D eigenvalue weighted by atomic mass is 127. The summed E-state index contributed by atoms with van der Waals surface area (Å²) in [6.45, 7) is 3.00. The smallest absolute Gasteiger partial charge is 0.136 e. The average molecular weight is 442 g/mol. The van der Waals surface area contributed by atoms with E-state index in [1.165, 1.54) is 57.8 Å². The molecule has 0 atom stereocenters. The zero-order chi connectivity index (χ0) is 17.6. The molecule has 0 aliphatic heterocycles. The molecule has 2 nitrogen and oxygen atoms in total. The van der Waals surface area contributed by atoms with E-state index >= 15 is 0 Å². The van der Waals surface area contributed by atoms with Crippen molar-refractivity contribution in [2.45, 2.75) is 71.1 Å². The van der Waals surface area contributed by atoms with Crippen molar-refractivity contribution >= 4 is 22.6 Å². The number of ether oxygens (including phenoxy) is 2. The number of terminal acetylenes is 1. The predicted octanol–water partition coefficient (Wildman–Crippen LogP) is 6.58. The molecule has 0 saturated heterocycles. The lowest BCUT2D eigenvalue weighted by molar-refractivity contribution is 0.302. The van der Waals surface area contributed by atoms with Crippen LogP contribution >= 0.6 is 22.6 Å². The van der Waals surface area contributed by atoms with Crippen LogP contribution in [-0.2, 0) is 0 Å². The summed E-state index contributed by atoms with van der Waals surface area (Å²) in [6.07, 6.45) is 18.8. The van der Waals surface area contributed by atoms with Crippen LogP contribution in [0.15, 0.2) is 12.1 Å². The predicted molar refractivity (Wildman–Crippen MR) is 111 cm³/mol. The summed E-state index contributed by atoms with van der Waals surface area (Å²) in [5, 5.41) is 0. The summed E-state index contributed by atoms with van der Waals surface area (Å²) < 4.78 is 12.2. The molecular weight excluding hydrogens is 411 g/mol. The molecule has 0 radical (unpaired) electrons. The van der Waals surface area contributed by atoms with E-state index in [-0.39, 0.29) is 0 Å². The molecule has 0 heterocycles. The summed E-state index contributed by atoms with van der Waals surface area (Å²) in [6, 6.07) is 3.83. The van der Waals surface area contributed by atoms with Gasteiger partial charge in [0.1, 0.15) is 11.5 Å². The third-order valence-electron chi connectivity index (χ3n) is 4.16. The highest BCUT2D eigenvalue weighted by Gasteiger charge is 2.08. The van der Waals surface area contributed by atoms with E-state index in [2.05, 4.69) is 35.4 Å². The maximum absolute atomic E-state index is 5.88. The number of hydrogen-bond donors (Lipinski definition) is 0. The Hall–Kier alpha value is -0.890. The summed E-state index contributed by atoms with van der Waals surface area (Å²) in [5.41, 5.74) is 0.763. The fraction of sp³-hybridized carbons (Fsp3) is 0.619. The zero-order valence-electron chi connectivity index (χ0n) is 15.2. The van der Waals surface area contributed by atoms with Crippen LogP contribution in [0.25, 0.3) is 0 Å². The first-order valence-electron chi connectivity index (χ1n) is 9.19. The molecule has 0 fully saturated rings. The lowest BCUT2D eigenvalue weighted by atomic mass is 10.1. The van der Waals surface area contributed by atoms with E-state index in [1.54, 1.807) is 7.11 Å². The Bertz CT molecular complexity index is 505. The molecule has 0 bridgehead atoms. The third-order valence-corrected chi connectivity index (χ3v) is 5.01. The number of halogens is 1. The largest absolute Gasteiger partial charge is 0.496 e. The van der Waals surface area contributed by atoms with Crippen molar-refractivity contribution in [1.82, 2.24) is 0 Å². The van der Waals surface area contributed by atoms with Gasteiger partial charge in [-0.1, -0.05) is 70.6 Å². The molecule has 0 N–H and O–H groups in total. The van der Waals surface area contributed by atoms with Crippen molar-refractivity contribution in [3.05, 3.63) is 21.3 Å². The Balaban J connectivity index is 2.15. The quantitative estimate of drug-likeness (QED) is 0.195. The van der Waals surface area contributed by atoms with Crippen LogP contribution in [0, 0.1) is 15.9 Å². The average Bonchev–Trinajstić information content (AvgIpc) is 2.59. The van der Waals surface area contributed by atoms with Crippen molar-refractivity contribution in [2.75, 3.05) is 13.7 Å². The van der Waals surface area contributed by atoms with Crippen LogP contribution in [-0.4, -0.2) is 13.7 Å². The highest BCUT2D eigenvalue weighted by Crippen LogP contribution is 2.29. The topological polar surface area (TPSA) is 18.5 Å². The Labute approximate surface area is 161 Å². The van der Waals surface area contributed by atoms with Gasteiger partial charge in [-0.2, -0.15) is 0 Å². The van der Waals surface area contributed by atoms with Crippen LogP contribution in [0.5, 0.6) is 11.5 Å². The van der Waals surface area contributed by atoms with Crippen molar-refractivity contribution < 1.29 is 9.47 Å². The minimum Gasteiger partial charge on any atom is -0.496 e. The van der Waals surface area contributed by atoms with E-state index in [1.807, 2.05) is 12.1 Å². The van der Waals surface area contributed by atoms with Crippen molar-refractivity contribution in [3.63, 3.8) is 0 Å². The number of unbranched alkanes of at least 4 members (excludes halogenated alkanes) is 9. The molecule has 0 unspecified atom stereocenters. The monoisotopic (exact) mass is 442 g/mol. The molecule has 1 aromatic rings. The van der Waals surface area contributed by atoms with Crippen LogP contribution in [0.4, 0.5) is 0 Å². The van der Waals surface area contributed by atoms with Crippen molar-refractivity contribution in [2.24, 2.45) is 0 Å². The number of hydrogen-bond acceptors (Lipinski definition) is 2. The molecule has 3 heteroatoms. The molecule has 0 aromatic heterocycles. The lowest BCUT2D eigenvalue weighted by Crippen LogP contribution is -2.00. The lowest BCUT2D eigenvalue weighted by Gasteiger charge is -2.11. The van der Waals surface area contributed by atoms with Gasteiger partial charge in [0.25, 0.3) is 0 Å². The second kappa shape index (κ2) is 13.4. The Morgan fingerprint density at radius 1 is 0.917 bits per heavy atom. The van der Waals surface area contributed by atoms with Crippen LogP contribution in [0.3, 0.4) is 0 Å². The Kier molecular flexibility index (Phi) is 11.8. The van der Waals surface area contributed by atoms with Crippen LogP contribution in [0.1, 0.15) is 76.7 Å². The molecule has 0 aliphatic rings. The van der Waals surface area contributed by atoms with E-state index in [0.29, 0.717) is 0 Å². The van der Waals surface area contributed by atoms with Crippen molar-refractivity contribution in [1.29, 1.82) is 0 Å². The molecule has 0 spiro atoms. The van der Waals surface area contributed by atoms with Crippen molar-refractivity contribution in [3.8, 4) is 23.8 Å². The molecule has 1 aromatic carbocycles. The molecule has 0 saturated carbocycles. The van der Waals surface area contributed by atoms with Gasteiger partial charge in [0.2, 0.25) is 0 Å². The van der Waals surface area contributed by atoms with Gasteiger partial charge in [-0.25, -0.2) is 0 Å². The Morgan fingerprint density at radius 3 is 2.04 bits per heavy atom. The highest BCUT2D eigenvalue weighted by molar-refractivity contribution is 14.1. The SMILES string of the molecule is C#Cc1cc(OC)c(I)cc1OCCCCCCCCCCCC. The molecule has 0 amide bonds. The zero-order valence-corrected chi connectivity index (χ0v) is 17.4. The van der Waals surface area contributed by atoms with Crippen LogP contribution in [0.2, 0.25) is 0 Å². The fourth-order valence-corrected chi connectivity index (χ4v) is 3.35. The van der Waals surface area contributed by atoms with Gasteiger partial charge in [0, 0.05) is 6.07 Å². The first-order chi connectivity index (χ1) is 11.7. The van der Waals surface area contributed by atoms with Crippen LogP contribution < -0.4 is 9.47 Å². The van der Waals surface area contributed by atoms with Gasteiger partial charge < -0.3 is 9.47 Å². The minimum absolute atomic E-state index is 0.730. The first-order valence-corrected chi connectivity index (χ1v) is 10.3. The summed E-state index contributed by atoms with van der Waals surface area (Å²) in [7, 11) is 1.65. The van der Waals surface area contributed by atoms with E-state index in [0.717, 1.165) is 33.7 Å². The second-order valence-electron chi connectivity index (χ2n) is 6.16. The Morgan fingerprint density at radius 2 is 1.50 bits per heavy atom. The number of rotatable bonds is 13. The van der Waals surface area contributed by atoms with Gasteiger partial charge in [-0.05, 0) is 35.1 Å². The number of benzene rings is 1. The fourth-order valence-electron chi connectivity index (χ4n) is 2.70. The van der Waals surface area contributed by atoms with E-state index in [9.17, 15) is 0 Å². The molecular formula is C21H31IO2. The summed E-state index contributed by atoms with van der Waals surface area (Å²) >= 11 is 2.24. The summed E-state index contributed by atoms with van der Waals surface area (Å²) in [5.74, 6) is 4.27. The molecule has 0 aliphatic carbocycles. The standard InChI is InChI=1S/C21H31IO2/c1-4-6-7-8-9-10-11-12-13-14-15-24-20-17-19(22)21(23-3)16-18(20)5-2/h2,16-17H,4,6-15H2,1,3H3. The second-order valence-corrected chi connectivity index (χ2v) is 7.32. The van der Waals surface area contributed by atoms with E-state index in [4.69, 9.17) is 15.9 Å². The van der Waals surface area contributed by atoms with Gasteiger partial charge >= 0.3 is 0 Å². The first kappa shape index (κ1) is 21.2. The van der Waals surface area contributed by atoms with Gasteiger partial charge in [0.05, 0.1) is 22.9 Å². The molecule has 1 rings (SSSR count). The maximum atomic E-state index is 5.88. The van der Waals surface area contributed by atoms with Gasteiger partial charge in [0.15, 0.2) is 0 Å². The molecule has 24 heavy (non-hydrogen) atoms. The summed E-state index contributed by atoms with van der Waals surface area (Å²) in [4.78, 5) is 0. The third kappa shape index (κ3) is 8.28. The minimum atomic E-state index is 0.730. The number of methoxy groups -OCH3 is 1. The maximum Gasteiger partial charge on any atom is 0.136 e. The van der Waals surface area contributed by atoms with Gasteiger partial charge in [-0.15, -0.1) is 6.42 Å².